The second kappa shape index (κ2) is 6.58. The Balaban J connectivity index is 1.66. The number of hydrogen-bond donors (Lipinski definition) is 2. The molecule has 2 aromatic rings. The minimum atomic E-state index is -0.636. The highest BCUT2D eigenvalue weighted by Gasteiger charge is 2.38. The first kappa shape index (κ1) is 17.6. The second-order valence-electron chi connectivity index (χ2n) is 6.25. The van der Waals surface area contributed by atoms with Crippen LogP contribution in [0.15, 0.2) is 36.4 Å². The van der Waals surface area contributed by atoms with Gasteiger partial charge in [-0.2, -0.15) is 0 Å². The van der Waals surface area contributed by atoms with E-state index in [0.29, 0.717) is 21.5 Å². The lowest BCUT2D eigenvalue weighted by molar-refractivity contribution is -0.120. The number of halogens is 2. The van der Waals surface area contributed by atoms with E-state index in [1.54, 1.807) is 36.4 Å². The number of benzene rings is 2. The summed E-state index contributed by atoms with van der Waals surface area (Å²) in [5.41, 5.74) is 1.57. The molecule has 0 fully saturated rings. The van der Waals surface area contributed by atoms with Crippen LogP contribution in [0.1, 0.15) is 19.4 Å². The molecule has 0 saturated heterocycles. The molecule has 0 saturated carbocycles. The smallest absolute Gasteiger partial charge is 0.262 e. The predicted octanol–water partition coefficient (Wildman–Crippen LogP) is 4.24. The molecule has 0 radical (unpaired) electrons. The normalized spacial score (nSPS) is 14.6. The summed E-state index contributed by atoms with van der Waals surface area (Å²) in [7, 11) is 0. The van der Waals surface area contributed by atoms with Crippen LogP contribution in [0.4, 0.5) is 11.4 Å². The molecule has 2 N–H and O–H groups in total. The van der Waals surface area contributed by atoms with Gasteiger partial charge in [0.1, 0.15) is 5.75 Å². The van der Waals surface area contributed by atoms with E-state index in [2.05, 4.69) is 10.6 Å². The van der Waals surface area contributed by atoms with Crippen molar-refractivity contribution < 1.29 is 14.3 Å². The monoisotopic (exact) mass is 378 g/mol. The molecule has 0 bridgehead atoms. The molecule has 25 heavy (non-hydrogen) atoms. The molecule has 0 atom stereocenters. The van der Waals surface area contributed by atoms with E-state index < -0.39 is 5.41 Å². The van der Waals surface area contributed by atoms with Crippen molar-refractivity contribution in [2.75, 3.05) is 17.2 Å². The highest BCUT2D eigenvalue weighted by molar-refractivity contribution is 6.35. The summed E-state index contributed by atoms with van der Waals surface area (Å²) in [6.07, 6.45) is 0. The molecule has 0 unspecified atom stereocenters. The Morgan fingerprint density at radius 3 is 2.68 bits per heavy atom. The van der Waals surface area contributed by atoms with Crippen molar-refractivity contribution in [1.82, 2.24) is 0 Å². The van der Waals surface area contributed by atoms with Crippen LogP contribution in [0.3, 0.4) is 0 Å². The maximum atomic E-state index is 12.1. The van der Waals surface area contributed by atoms with Gasteiger partial charge in [0.25, 0.3) is 5.91 Å². The summed E-state index contributed by atoms with van der Waals surface area (Å²) >= 11 is 11.8. The maximum Gasteiger partial charge on any atom is 0.262 e. The van der Waals surface area contributed by atoms with Gasteiger partial charge in [0, 0.05) is 16.4 Å². The third-order valence-corrected chi connectivity index (χ3v) is 4.58. The van der Waals surface area contributed by atoms with Crippen LogP contribution in [0.5, 0.6) is 5.75 Å². The number of rotatable bonds is 4. The topological polar surface area (TPSA) is 67.4 Å². The van der Waals surface area contributed by atoms with E-state index in [9.17, 15) is 9.59 Å². The van der Waals surface area contributed by atoms with Crippen molar-refractivity contribution in [3.05, 3.63) is 52.0 Å². The minimum absolute atomic E-state index is 0.0632. The Labute approximate surface area is 155 Å². The summed E-state index contributed by atoms with van der Waals surface area (Å²) < 4.78 is 5.41. The molecule has 0 spiro atoms. The van der Waals surface area contributed by atoms with Gasteiger partial charge in [-0.1, -0.05) is 23.2 Å². The lowest BCUT2D eigenvalue weighted by Crippen LogP contribution is -2.27. The number of anilines is 2. The largest absolute Gasteiger partial charge is 0.482 e. The Kier molecular flexibility index (Phi) is 4.62. The zero-order valence-corrected chi connectivity index (χ0v) is 15.2. The molecule has 3 rings (SSSR count). The Morgan fingerprint density at radius 2 is 1.96 bits per heavy atom. The fourth-order valence-electron chi connectivity index (χ4n) is 2.58. The van der Waals surface area contributed by atoms with Crippen molar-refractivity contribution >= 4 is 46.4 Å². The standard InChI is InChI=1S/C18H16Cl2N2O3/c1-18(2)12-8-11(4-5-14(12)22-17(18)24)21-16(23)9-25-15-6-3-10(19)7-13(15)20/h3-8H,9H2,1-2H3,(H,21,23)(H,22,24). The van der Waals surface area contributed by atoms with Crippen LogP contribution < -0.4 is 15.4 Å². The fraction of sp³-hybridized carbons (Fsp3) is 0.222. The number of hydrogen-bond acceptors (Lipinski definition) is 3. The van der Waals surface area contributed by atoms with Crippen molar-refractivity contribution in [3.63, 3.8) is 0 Å². The molecular weight excluding hydrogens is 363 g/mol. The van der Waals surface area contributed by atoms with Gasteiger partial charge < -0.3 is 15.4 Å². The highest BCUT2D eigenvalue weighted by Crippen LogP contribution is 2.38. The Morgan fingerprint density at radius 1 is 1.20 bits per heavy atom. The molecular formula is C18H16Cl2N2O3. The van der Waals surface area contributed by atoms with Crippen LogP contribution in [-0.4, -0.2) is 18.4 Å². The first-order chi connectivity index (χ1) is 11.8. The van der Waals surface area contributed by atoms with E-state index >= 15 is 0 Å². The summed E-state index contributed by atoms with van der Waals surface area (Å²) in [5, 5.41) is 6.41. The van der Waals surface area contributed by atoms with Crippen LogP contribution in [0.2, 0.25) is 10.0 Å². The molecule has 5 nitrogen and oxygen atoms in total. The molecule has 2 amide bonds. The molecule has 130 valence electrons. The third-order valence-electron chi connectivity index (χ3n) is 4.05. The average Bonchev–Trinajstić information content (AvgIpc) is 2.76. The van der Waals surface area contributed by atoms with E-state index in [0.717, 1.165) is 11.3 Å². The van der Waals surface area contributed by atoms with Crippen LogP contribution in [0.25, 0.3) is 0 Å². The van der Waals surface area contributed by atoms with Crippen LogP contribution in [0, 0.1) is 0 Å². The van der Waals surface area contributed by atoms with Crippen molar-refractivity contribution in [2.24, 2.45) is 0 Å². The highest BCUT2D eigenvalue weighted by atomic mass is 35.5. The summed E-state index contributed by atoms with van der Waals surface area (Å²) in [5.74, 6) is -0.0150. The van der Waals surface area contributed by atoms with Gasteiger partial charge in [-0.15, -0.1) is 0 Å². The van der Waals surface area contributed by atoms with Gasteiger partial charge in [0.2, 0.25) is 5.91 Å². The number of amides is 2. The first-order valence-electron chi connectivity index (χ1n) is 7.61. The number of carbonyl (C=O) groups is 2. The number of ether oxygens (including phenoxy) is 1. The zero-order chi connectivity index (χ0) is 18.2. The van der Waals surface area contributed by atoms with Gasteiger partial charge in [-0.25, -0.2) is 0 Å². The minimum Gasteiger partial charge on any atom is -0.482 e. The first-order valence-corrected chi connectivity index (χ1v) is 8.36. The lowest BCUT2D eigenvalue weighted by Gasteiger charge is -2.16. The van der Waals surface area contributed by atoms with Gasteiger partial charge in [-0.3, -0.25) is 9.59 Å². The van der Waals surface area contributed by atoms with Gasteiger partial charge in [0.05, 0.1) is 10.4 Å². The van der Waals surface area contributed by atoms with E-state index in [1.807, 2.05) is 13.8 Å². The zero-order valence-electron chi connectivity index (χ0n) is 13.7. The Hall–Kier alpha value is -2.24. The molecule has 0 aromatic heterocycles. The molecule has 1 aliphatic heterocycles. The van der Waals surface area contributed by atoms with E-state index in [1.165, 1.54) is 0 Å². The summed E-state index contributed by atoms with van der Waals surface area (Å²) in [6.45, 7) is 3.48. The van der Waals surface area contributed by atoms with Gasteiger partial charge in [-0.05, 0) is 55.8 Å². The quantitative estimate of drug-likeness (QED) is 0.835. The molecule has 2 aromatic carbocycles. The molecule has 7 heteroatoms. The maximum absolute atomic E-state index is 12.1. The van der Waals surface area contributed by atoms with Crippen molar-refractivity contribution in [1.29, 1.82) is 0 Å². The van der Waals surface area contributed by atoms with Crippen LogP contribution >= 0.6 is 23.2 Å². The molecule has 1 aliphatic rings. The third kappa shape index (κ3) is 3.57. The number of fused-ring (bicyclic) bond motifs is 1. The van der Waals surface area contributed by atoms with Crippen molar-refractivity contribution in [2.45, 2.75) is 19.3 Å². The van der Waals surface area contributed by atoms with Crippen LogP contribution in [-0.2, 0) is 15.0 Å². The fourth-order valence-corrected chi connectivity index (χ4v) is 3.04. The molecule has 0 aliphatic carbocycles. The molecule has 1 heterocycles. The number of nitrogens with one attached hydrogen (secondary N) is 2. The Bertz CT molecular complexity index is 865. The van der Waals surface area contributed by atoms with Crippen molar-refractivity contribution in [3.8, 4) is 5.75 Å². The van der Waals surface area contributed by atoms with E-state index in [4.69, 9.17) is 27.9 Å². The average molecular weight is 379 g/mol. The SMILES string of the molecule is CC1(C)C(=O)Nc2ccc(NC(=O)COc3ccc(Cl)cc3Cl)cc21. The summed E-state index contributed by atoms with van der Waals surface area (Å²) in [6, 6.07) is 10.1. The summed E-state index contributed by atoms with van der Waals surface area (Å²) in [4.78, 5) is 24.1. The second-order valence-corrected chi connectivity index (χ2v) is 7.09. The lowest BCUT2D eigenvalue weighted by atomic mass is 9.86. The van der Waals surface area contributed by atoms with E-state index in [-0.39, 0.29) is 18.4 Å². The predicted molar refractivity (Wildman–Crippen MR) is 98.7 cm³/mol. The van der Waals surface area contributed by atoms with Gasteiger partial charge in [0.15, 0.2) is 6.61 Å². The number of carbonyl (C=O) groups excluding carboxylic acids is 2. The van der Waals surface area contributed by atoms with Gasteiger partial charge >= 0.3 is 0 Å².